The molecule has 30 heavy (non-hydrogen) atoms. The fourth-order valence-electron chi connectivity index (χ4n) is 4.03. The molecule has 0 spiro atoms. The van der Waals surface area contributed by atoms with Crippen molar-refractivity contribution >= 4 is 5.78 Å². The highest BCUT2D eigenvalue weighted by Crippen LogP contribution is 2.45. The van der Waals surface area contributed by atoms with Crippen molar-refractivity contribution < 1.29 is 9.90 Å². The first-order chi connectivity index (χ1) is 13.9. The van der Waals surface area contributed by atoms with Crippen molar-refractivity contribution in [3.63, 3.8) is 0 Å². The Labute approximate surface area is 183 Å². The molecule has 2 rings (SSSR count). The molecule has 1 unspecified atom stereocenters. The van der Waals surface area contributed by atoms with Gasteiger partial charge in [0.2, 0.25) is 0 Å². The van der Waals surface area contributed by atoms with Crippen molar-refractivity contribution in [2.75, 3.05) is 13.6 Å². The standard InChI is InChI=1S/C27H41NO2/c1-20(13-14-23-22(3)12-9-15-26(23,4)5)10-8-11-21(2)18-25(30)28(7)19-24(29)27(6)16-17-27/h8,10-11,13-14,18,25,30H,9,12,15-17,19H2,1-7H3/b11-8+,14-13+,20-10-,21-18+. The Morgan fingerprint density at radius 3 is 2.40 bits per heavy atom. The number of ketones is 1. The van der Waals surface area contributed by atoms with Crippen molar-refractivity contribution in [1.82, 2.24) is 4.90 Å². The molecule has 1 atom stereocenters. The van der Waals surface area contributed by atoms with Crippen LogP contribution < -0.4 is 0 Å². The predicted octanol–water partition coefficient (Wildman–Crippen LogP) is 6.14. The van der Waals surface area contributed by atoms with Gasteiger partial charge in [0.25, 0.3) is 0 Å². The summed E-state index contributed by atoms with van der Waals surface area (Å²) in [5.41, 5.74) is 5.26. The first-order valence-electron chi connectivity index (χ1n) is 11.3. The number of Topliss-reactive ketones (excluding diaryl/α,β-unsaturated/α-hetero) is 1. The molecule has 0 saturated heterocycles. The number of rotatable bonds is 9. The number of allylic oxidation sites excluding steroid dienone is 9. The number of hydrogen-bond acceptors (Lipinski definition) is 3. The fourth-order valence-corrected chi connectivity index (χ4v) is 4.03. The minimum atomic E-state index is -0.755. The maximum absolute atomic E-state index is 12.2. The molecule has 0 heterocycles. The summed E-state index contributed by atoms with van der Waals surface area (Å²) in [6, 6.07) is 0. The highest BCUT2D eigenvalue weighted by molar-refractivity contribution is 5.88. The van der Waals surface area contributed by atoms with Crippen molar-refractivity contribution in [3.8, 4) is 0 Å². The molecule has 2 aliphatic carbocycles. The van der Waals surface area contributed by atoms with Gasteiger partial charge in [-0.15, -0.1) is 0 Å². The van der Waals surface area contributed by atoms with Crippen LogP contribution in [0.25, 0.3) is 0 Å². The maximum atomic E-state index is 12.2. The molecule has 0 aromatic rings. The molecule has 1 saturated carbocycles. The second-order valence-corrected chi connectivity index (χ2v) is 10.3. The largest absolute Gasteiger partial charge is 0.375 e. The maximum Gasteiger partial charge on any atom is 0.152 e. The number of aliphatic hydroxyl groups excluding tert-OH is 1. The molecule has 0 aliphatic heterocycles. The molecule has 0 amide bonds. The van der Waals surface area contributed by atoms with Crippen molar-refractivity contribution in [2.45, 2.75) is 79.9 Å². The summed E-state index contributed by atoms with van der Waals surface area (Å²) < 4.78 is 0. The van der Waals surface area contributed by atoms with Crippen LogP contribution in [0.15, 0.2) is 58.7 Å². The van der Waals surface area contributed by atoms with E-state index in [2.05, 4.69) is 45.9 Å². The van der Waals surface area contributed by atoms with Gasteiger partial charge in [-0.1, -0.05) is 67.9 Å². The van der Waals surface area contributed by atoms with E-state index in [0.29, 0.717) is 6.54 Å². The minimum Gasteiger partial charge on any atom is -0.375 e. The van der Waals surface area contributed by atoms with E-state index in [1.165, 1.54) is 36.0 Å². The van der Waals surface area contributed by atoms with Gasteiger partial charge in [-0.05, 0) is 77.0 Å². The quantitative estimate of drug-likeness (QED) is 0.366. The molecule has 1 fully saturated rings. The Balaban J connectivity index is 1.92. The molecule has 3 nitrogen and oxygen atoms in total. The van der Waals surface area contributed by atoms with Crippen LogP contribution in [0.3, 0.4) is 0 Å². The molecule has 166 valence electrons. The number of aliphatic hydroxyl groups is 1. The van der Waals surface area contributed by atoms with Crippen molar-refractivity contribution in [3.05, 3.63) is 58.7 Å². The molecule has 0 aromatic carbocycles. The molecule has 0 bridgehead atoms. The summed E-state index contributed by atoms with van der Waals surface area (Å²) in [5.74, 6) is 0.225. The Kier molecular flexibility index (Phi) is 8.24. The van der Waals surface area contributed by atoms with Gasteiger partial charge >= 0.3 is 0 Å². The molecule has 0 radical (unpaired) electrons. The van der Waals surface area contributed by atoms with E-state index in [0.717, 1.165) is 18.4 Å². The summed E-state index contributed by atoms with van der Waals surface area (Å²) in [5, 5.41) is 10.4. The monoisotopic (exact) mass is 411 g/mol. The lowest BCUT2D eigenvalue weighted by atomic mass is 9.72. The zero-order valence-electron chi connectivity index (χ0n) is 20.1. The number of nitrogens with zero attached hydrogens (tertiary/aromatic N) is 1. The molecule has 3 heteroatoms. The molecule has 0 aromatic heterocycles. The second kappa shape index (κ2) is 10.1. The number of likely N-dealkylation sites (N-methyl/N-ethyl adjacent to an activating group) is 1. The summed E-state index contributed by atoms with van der Waals surface area (Å²) in [7, 11) is 1.79. The Morgan fingerprint density at radius 1 is 1.13 bits per heavy atom. The third kappa shape index (κ3) is 6.92. The van der Waals surface area contributed by atoms with E-state index < -0.39 is 6.23 Å². The smallest absolute Gasteiger partial charge is 0.152 e. The number of carbonyl (C=O) groups excluding carboxylic acids is 1. The topological polar surface area (TPSA) is 40.5 Å². The normalized spacial score (nSPS) is 23.0. The zero-order chi connectivity index (χ0) is 22.5. The van der Waals surface area contributed by atoms with E-state index >= 15 is 0 Å². The lowest BCUT2D eigenvalue weighted by Crippen LogP contribution is -2.37. The fraction of sp³-hybridized carbons (Fsp3) is 0.593. The molecule has 1 N–H and O–H groups in total. The van der Waals surface area contributed by atoms with Crippen LogP contribution in [-0.4, -0.2) is 35.6 Å². The van der Waals surface area contributed by atoms with Gasteiger partial charge in [-0.3, -0.25) is 9.69 Å². The summed E-state index contributed by atoms with van der Waals surface area (Å²) in [6.07, 6.45) is 17.3. The molecular weight excluding hydrogens is 370 g/mol. The van der Waals surface area contributed by atoms with E-state index in [-0.39, 0.29) is 16.6 Å². The van der Waals surface area contributed by atoms with Crippen LogP contribution in [0, 0.1) is 10.8 Å². The summed E-state index contributed by atoms with van der Waals surface area (Å²) in [6.45, 7) is 13.3. The van der Waals surface area contributed by atoms with Crippen LogP contribution in [0.2, 0.25) is 0 Å². The van der Waals surface area contributed by atoms with Crippen LogP contribution in [0.1, 0.15) is 73.6 Å². The second-order valence-electron chi connectivity index (χ2n) is 10.3. The van der Waals surface area contributed by atoms with Crippen molar-refractivity contribution in [2.24, 2.45) is 10.8 Å². The Bertz CT molecular complexity index is 788. The highest BCUT2D eigenvalue weighted by atomic mass is 16.3. The first kappa shape index (κ1) is 24.6. The van der Waals surface area contributed by atoms with E-state index in [1.807, 2.05) is 26.0 Å². The summed E-state index contributed by atoms with van der Waals surface area (Å²) in [4.78, 5) is 13.9. The highest BCUT2D eigenvalue weighted by Gasteiger charge is 2.44. The van der Waals surface area contributed by atoms with Crippen LogP contribution >= 0.6 is 0 Å². The molecule has 2 aliphatic rings. The van der Waals surface area contributed by atoms with Crippen LogP contribution in [0.5, 0.6) is 0 Å². The van der Waals surface area contributed by atoms with E-state index in [4.69, 9.17) is 0 Å². The van der Waals surface area contributed by atoms with Gasteiger partial charge in [-0.2, -0.15) is 0 Å². The lowest BCUT2D eigenvalue weighted by Gasteiger charge is -2.32. The van der Waals surface area contributed by atoms with Gasteiger partial charge in [-0.25, -0.2) is 0 Å². The third-order valence-electron chi connectivity index (χ3n) is 6.70. The predicted molar refractivity (Wildman–Crippen MR) is 127 cm³/mol. The van der Waals surface area contributed by atoms with Gasteiger partial charge in [0.15, 0.2) is 5.78 Å². The van der Waals surface area contributed by atoms with Crippen molar-refractivity contribution in [1.29, 1.82) is 0 Å². The minimum absolute atomic E-state index is 0.149. The van der Waals surface area contributed by atoms with Gasteiger partial charge in [0.1, 0.15) is 6.23 Å². The summed E-state index contributed by atoms with van der Waals surface area (Å²) >= 11 is 0. The van der Waals surface area contributed by atoms with Gasteiger partial charge in [0.05, 0.1) is 6.54 Å². The average molecular weight is 412 g/mol. The average Bonchev–Trinajstić information content (AvgIpc) is 3.39. The SMILES string of the molecule is CC1=C(/C=C/C(C)=C\C=C\C(C)=C\C(O)N(C)CC(=O)C2(C)CC2)C(C)(C)CCC1. The number of hydrogen-bond donors (Lipinski definition) is 1. The van der Waals surface area contributed by atoms with E-state index in [1.54, 1.807) is 18.0 Å². The third-order valence-corrected chi connectivity index (χ3v) is 6.70. The molecular formula is C27H41NO2. The van der Waals surface area contributed by atoms with Gasteiger partial charge < -0.3 is 5.11 Å². The Hall–Kier alpha value is -1.71. The Morgan fingerprint density at radius 2 is 1.80 bits per heavy atom. The van der Waals surface area contributed by atoms with Gasteiger partial charge in [0, 0.05) is 5.41 Å². The number of carbonyl (C=O) groups is 1. The van der Waals surface area contributed by atoms with E-state index in [9.17, 15) is 9.90 Å². The lowest BCUT2D eigenvalue weighted by molar-refractivity contribution is -0.126. The van der Waals surface area contributed by atoms with Crippen LogP contribution in [-0.2, 0) is 4.79 Å². The first-order valence-corrected chi connectivity index (χ1v) is 11.3. The zero-order valence-corrected chi connectivity index (χ0v) is 20.1. The van der Waals surface area contributed by atoms with Crippen LogP contribution in [0.4, 0.5) is 0 Å².